The Hall–Kier alpha value is -1.59. The number of hydrogen-bond acceptors (Lipinski definition) is 3. The van der Waals surface area contributed by atoms with Crippen LogP contribution < -0.4 is 16.4 Å². The predicted octanol–water partition coefficient (Wildman–Crippen LogP) is 0.431. The van der Waals surface area contributed by atoms with Crippen molar-refractivity contribution in [2.75, 3.05) is 7.05 Å². The Balaban J connectivity index is 0.00000289. The summed E-state index contributed by atoms with van der Waals surface area (Å²) in [5, 5.41) is 5.23. The van der Waals surface area contributed by atoms with Crippen molar-refractivity contribution in [3.8, 4) is 0 Å². The Labute approximate surface area is 113 Å². The molecule has 0 radical (unpaired) electrons. The molecule has 0 aliphatic heterocycles. The second kappa shape index (κ2) is 7.68. The first-order chi connectivity index (χ1) is 8.04. The first-order valence-corrected chi connectivity index (χ1v) is 5.39. The Morgan fingerprint density at radius 2 is 2.06 bits per heavy atom. The van der Waals surface area contributed by atoms with Gasteiger partial charge in [0.2, 0.25) is 5.91 Å². The molecule has 100 valence electrons. The summed E-state index contributed by atoms with van der Waals surface area (Å²) in [4.78, 5) is 22.7. The molecule has 18 heavy (non-hydrogen) atoms. The zero-order valence-corrected chi connectivity index (χ0v) is 11.2. The smallest absolute Gasteiger partial charge is 0.251 e. The Bertz CT molecular complexity index is 422. The van der Waals surface area contributed by atoms with Crippen molar-refractivity contribution >= 4 is 24.2 Å². The highest BCUT2D eigenvalue weighted by Crippen LogP contribution is 2.05. The maximum atomic E-state index is 11.4. The monoisotopic (exact) mass is 271 g/mol. The zero-order chi connectivity index (χ0) is 12.8. The number of amides is 2. The normalized spacial score (nSPS) is 11.1. The van der Waals surface area contributed by atoms with Gasteiger partial charge in [-0.15, -0.1) is 12.4 Å². The lowest BCUT2D eigenvalue weighted by Gasteiger charge is -2.08. The molecule has 0 aliphatic carbocycles. The van der Waals surface area contributed by atoms with Crippen LogP contribution in [0.5, 0.6) is 0 Å². The van der Waals surface area contributed by atoms with E-state index >= 15 is 0 Å². The minimum Gasteiger partial charge on any atom is -0.355 e. The summed E-state index contributed by atoms with van der Waals surface area (Å²) in [7, 11) is 1.58. The van der Waals surface area contributed by atoms with Gasteiger partial charge >= 0.3 is 0 Å². The van der Waals surface area contributed by atoms with Crippen molar-refractivity contribution in [1.82, 2.24) is 10.6 Å². The van der Waals surface area contributed by atoms with Gasteiger partial charge in [0.1, 0.15) is 0 Å². The van der Waals surface area contributed by atoms with Crippen LogP contribution in [0.15, 0.2) is 24.3 Å². The van der Waals surface area contributed by atoms with Gasteiger partial charge in [-0.25, -0.2) is 0 Å². The molecule has 1 rings (SSSR count). The van der Waals surface area contributed by atoms with E-state index in [9.17, 15) is 9.59 Å². The van der Waals surface area contributed by atoms with Crippen molar-refractivity contribution in [3.63, 3.8) is 0 Å². The average molecular weight is 272 g/mol. The number of hydrogen-bond donors (Lipinski definition) is 3. The molecule has 1 aromatic rings. The third-order valence-corrected chi connectivity index (χ3v) is 2.30. The third kappa shape index (κ3) is 4.73. The van der Waals surface area contributed by atoms with Crippen LogP contribution in [-0.2, 0) is 11.3 Å². The Morgan fingerprint density at radius 1 is 1.39 bits per heavy atom. The highest BCUT2D eigenvalue weighted by molar-refractivity contribution is 5.94. The summed E-state index contributed by atoms with van der Waals surface area (Å²) in [6.07, 6.45) is 0. The van der Waals surface area contributed by atoms with E-state index in [1.807, 2.05) is 6.07 Å². The average Bonchev–Trinajstić information content (AvgIpc) is 2.35. The number of carbonyl (C=O) groups excluding carboxylic acids is 2. The van der Waals surface area contributed by atoms with E-state index in [0.29, 0.717) is 12.1 Å². The largest absolute Gasteiger partial charge is 0.355 e. The van der Waals surface area contributed by atoms with Gasteiger partial charge in [-0.2, -0.15) is 0 Å². The van der Waals surface area contributed by atoms with Crippen LogP contribution in [0.1, 0.15) is 22.8 Å². The van der Waals surface area contributed by atoms with E-state index in [2.05, 4.69) is 10.6 Å². The van der Waals surface area contributed by atoms with Gasteiger partial charge < -0.3 is 16.4 Å². The van der Waals surface area contributed by atoms with Crippen molar-refractivity contribution in [2.45, 2.75) is 19.5 Å². The molecule has 1 aromatic carbocycles. The topological polar surface area (TPSA) is 84.2 Å². The van der Waals surface area contributed by atoms with Gasteiger partial charge in [-0.1, -0.05) is 12.1 Å². The molecule has 5 nitrogen and oxygen atoms in total. The molecule has 6 heteroatoms. The first kappa shape index (κ1) is 16.4. The van der Waals surface area contributed by atoms with Gasteiger partial charge in [0.15, 0.2) is 0 Å². The van der Waals surface area contributed by atoms with Gasteiger partial charge in [0, 0.05) is 19.2 Å². The van der Waals surface area contributed by atoms with Gasteiger partial charge in [-0.3, -0.25) is 9.59 Å². The number of nitrogens with one attached hydrogen (secondary N) is 2. The third-order valence-electron chi connectivity index (χ3n) is 2.30. The van der Waals surface area contributed by atoms with Crippen LogP contribution in [0.3, 0.4) is 0 Å². The summed E-state index contributed by atoms with van der Waals surface area (Å²) < 4.78 is 0. The highest BCUT2D eigenvalue weighted by atomic mass is 35.5. The summed E-state index contributed by atoms with van der Waals surface area (Å²) in [6.45, 7) is 1.99. The molecule has 0 aliphatic rings. The Kier molecular flexibility index (Phi) is 7.00. The van der Waals surface area contributed by atoms with Crippen LogP contribution >= 0.6 is 12.4 Å². The van der Waals surface area contributed by atoms with Crippen molar-refractivity contribution in [1.29, 1.82) is 0 Å². The fourth-order valence-electron chi connectivity index (χ4n) is 1.32. The molecule has 0 bridgehead atoms. The number of benzene rings is 1. The molecular formula is C12H18ClN3O2. The molecule has 0 saturated carbocycles. The first-order valence-electron chi connectivity index (χ1n) is 5.39. The maximum absolute atomic E-state index is 11.4. The standard InChI is InChI=1S/C12H17N3O2.ClH/c1-8(13)11(16)15-7-9-4-3-5-10(6-9)12(17)14-2;/h3-6,8H,7,13H2,1-2H3,(H,14,17)(H,15,16);1H/t8-;/m1./s1. The predicted molar refractivity (Wildman–Crippen MR) is 72.6 cm³/mol. The number of rotatable bonds is 4. The van der Waals surface area contributed by atoms with E-state index in [1.165, 1.54) is 0 Å². The number of halogens is 1. The second-order valence-electron chi connectivity index (χ2n) is 3.79. The van der Waals surface area contributed by atoms with Crippen molar-refractivity contribution in [3.05, 3.63) is 35.4 Å². The number of carbonyl (C=O) groups is 2. The lowest BCUT2D eigenvalue weighted by Crippen LogP contribution is -2.37. The quantitative estimate of drug-likeness (QED) is 0.743. The zero-order valence-electron chi connectivity index (χ0n) is 10.4. The molecule has 0 spiro atoms. The van der Waals surface area contributed by atoms with Gasteiger partial charge in [-0.05, 0) is 24.6 Å². The maximum Gasteiger partial charge on any atom is 0.251 e. The Morgan fingerprint density at radius 3 is 2.61 bits per heavy atom. The minimum atomic E-state index is -0.530. The van der Waals surface area contributed by atoms with Crippen LogP contribution in [0, 0.1) is 0 Å². The number of nitrogens with two attached hydrogens (primary N) is 1. The van der Waals surface area contributed by atoms with Crippen molar-refractivity contribution < 1.29 is 9.59 Å². The van der Waals surface area contributed by atoms with Gasteiger partial charge in [0.05, 0.1) is 6.04 Å². The lowest BCUT2D eigenvalue weighted by molar-refractivity contribution is -0.122. The van der Waals surface area contributed by atoms with E-state index in [1.54, 1.807) is 32.2 Å². The summed E-state index contributed by atoms with van der Waals surface area (Å²) >= 11 is 0. The molecular weight excluding hydrogens is 254 g/mol. The summed E-state index contributed by atoms with van der Waals surface area (Å²) in [5.74, 6) is -0.360. The second-order valence-corrected chi connectivity index (χ2v) is 3.79. The fourth-order valence-corrected chi connectivity index (χ4v) is 1.32. The fraction of sp³-hybridized carbons (Fsp3) is 0.333. The van der Waals surface area contributed by atoms with Crippen LogP contribution in [0.4, 0.5) is 0 Å². The molecule has 0 saturated heterocycles. The highest BCUT2D eigenvalue weighted by Gasteiger charge is 2.07. The van der Waals surface area contributed by atoms with Crippen LogP contribution in [0.2, 0.25) is 0 Å². The van der Waals surface area contributed by atoms with Gasteiger partial charge in [0.25, 0.3) is 5.91 Å². The lowest BCUT2D eigenvalue weighted by atomic mass is 10.1. The molecule has 0 fully saturated rings. The minimum absolute atomic E-state index is 0. The van der Waals surface area contributed by atoms with Crippen LogP contribution in [0.25, 0.3) is 0 Å². The van der Waals surface area contributed by atoms with Crippen LogP contribution in [-0.4, -0.2) is 24.9 Å². The van der Waals surface area contributed by atoms with Crippen molar-refractivity contribution in [2.24, 2.45) is 5.73 Å². The molecule has 4 N–H and O–H groups in total. The van der Waals surface area contributed by atoms with E-state index < -0.39 is 6.04 Å². The molecule has 0 aromatic heterocycles. The molecule has 2 amide bonds. The molecule has 0 unspecified atom stereocenters. The molecule has 1 atom stereocenters. The summed E-state index contributed by atoms with van der Waals surface area (Å²) in [6, 6.07) is 6.54. The van der Waals surface area contributed by atoms with E-state index in [0.717, 1.165) is 5.56 Å². The summed E-state index contributed by atoms with van der Waals surface area (Å²) in [5.41, 5.74) is 6.85. The van der Waals surface area contributed by atoms with E-state index in [-0.39, 0.29) is 24.2 Å². The molecule has 0 heterocycles. The SMILES string of the molecule is CNC(=O)c1cccc(CNC(=O)[C@@H](C)N)c1.Cl. The van der Waals surface area contributed by atoms with E-state index in [4.69, 9.17) is 5.73 Å².